The lowest BCUT2D eigenvalue weighted by Crippen LogP contribution is -2.41. The molecular formula is C13H20BrNO. The molecule has 0 radical (unpaired) electrons. The number of hydrogen-bond donors (Lipinski definition) is 2. The van der Waals surface area contributed by atoms with E-state index in [4.69, 9.17) is 5.73 Å². The molecule has 90 valence electrons. The van der Waals surface area contributed by atoms with Gasteiger partial charge in [-0.05, 0) is 30.0 Å². The van der Waals surface area contributed by atoms with Gasteiger partial charge in [0.15, 0.2) is 0 Å². The van der Waals surface area contributed by atoms with Gasteiger partial charge >= 0.3 is 0 Å². The zero-order valence-electron chi connectivity index (χ0n) is 9.91. The molecule has 0 spiro atoms. The maximum atomic E-state index is 9.57. The van der Waals surface area contributed by atoms with Crippen LogP contribution in [0.1, 0.15) is 19.4 Å². The van der Waals surface area contributed by atoms with Crippen LogP contribution in [0, 0.1) is 11.3 Å². The molecule has 0 aromatic heterocycles. The molecule has 0 amide bonds. The summed E-state index contributed by atoms with van der Waals surface area (Å²) in [5, 5.41) is 9.57. The lowest BCUT2D eigenvalue weighted by Gasteiger charge is -2.34. The molecular weight excluding hydrogens is 266 g/mol. The Morgan fingerprint density at radius 3 is 2.25 bits per heavy atom. The van der Waals surface area contributed by atoms with Crippen LogP contribution in [0.15, 0.2) is 28.7 Å². The van der Waals surface area contributed by atoms with Crippen molar-refractivity contribution in [3.05, 3.63) is 34.3 Å². The van der Waals surface area contributed by atoms with Crippen LogP contribution < -0.4 is 5.73 Å². The summed E-state index contributed by atoms with van der Waals surface area (Å²) in [4.78, 5) is 0. The highest BCUT2D eigenvalue weighted by Crippen LogP contribution is 2.30. The molecule has 1 aromatic carbocycles. The third-order valence-electron chi connectivity index (χ3n) is 3.42. The molecule has 0 saturated heterocycles. The molecule has 1 rings (SSSR count). The number of rotatable bonds is 5. The van der Waals surface area contributed by atoms with Crippen LogP contribution >= 0.6 is 15.9 Å². The molecule has 0 bridgehead atoms. The summed E-state index contributed by atoms with van der Waals surface area (Å²) in [5.74, 6) is 0.367. The van der Waals surface area contributed by atoms with Gasteiger partial charge in [0.2, 0.25) is 0 Å². The van der Waals surface area contributed by atoms with Crippen LogP contribution in [0.2, 0.25) is 0 Å². The van der Waals surface area contributed by atoms with Gasteiger partial charge in [0.05, 0.1) is 6.61 Å². The Kier molecular flexibility index (Phi) is 4.96. The number of aliphatic hydroxyl groups is 1. The molecule has 0 aliphatic carbocycles. The molecule has 3 N–H and O–H groups in total. The van der Waals surface area contributed by atoms with Gasteiger partial charge in [-0.2, -0.15) is 0 Å². The second-order valence-electron chi connectivity index (χ2n) is 4.68. The van der Waals surface area contributed by atoms with Gasteiger partial charge in [-0.15, -0.1) is 0 Å². The first-order valence-corrected chi connectivity index (χ1v) is 6.39. The van der Waals surface area contributed by atoms with Gasteiger partial charge in [0.25, 0.3) is 0 Å². The lowest BCUT2D eigenvalue weighted by atomic mass is 9.73. The fraction of sp³-hybridized carbons (Fsp3) is 0.538. The van der Waals surface area contributed by atoms with E-state index in [0.29, 0.717) is 12.5 Å². The first-order chi connectivity index (χ1) is 7.54. The van der Waals surface area contributed by atoms with Crippen LogP contribution in [0.4, 0.5) is 0 Å². The molecule has 0 fully saturated rings. The van der Waals surface area contributed by atoms with E-state index in [2.05, 4.69) is 41.9 Å². The lowest BCUT2D eigenvalue weighted by molar-refractivity contribution is 0.0843. The average molecular weight is 286 g/mol. The van der Waals surface area contributed by atoms with Gasteiger partial charge in [-0.25, -0.2) is 0 Å². The topological polar surface area (TPSA) is 46.2 Å². The third-order valence-corrected chi connectivity index (χ3v) is 3.94. The van der Waals surface area contributed by atoms with Crippen LogP contribution in [-0.4, -0.2) is 18.3 Å². The van der Waals surface area contributed by atoms with Gasteiger partial charge < -0.3 is 10.8 Å². The minimum Gasteiger partial charge on any atom is -0.396 e. The van der Waals surface area contributed by atoms with Crippen molar-refractivity contribution in [2.24, 2.45) is 17.1 Å². The highest BCUT2D eigenvalue weighted by molar-refractivity contribution is 9.10. The van der Waals surface area contributed by atoms with Gasteiger partial charge in [0, 0.05) is 16.4 Å². The largest absolute Gasteiger partial charge is 0.396 e. The Morgan fingerprint density at radius 2 is 1.88 bits per heavy atom. The monoisotopic (exact) mass is 285 g/mol. The number of nitrogens with two attached hydrogens (primary N) is 1. The quantitative estimate of drug-likeness (QED) is 0.874. The molecule has 0 aliphatic rings. The molecule has 0 saturated carbocycles. The number of hydrogen-bond acceptors (Lipinski definition) is 2. The van der Waals surface area contributed by atoms with Crippen molar-refractivity contribution in [2.75, 3.05) is 13.2 Å². The number of halogens is 1. The highest BCUT2D eigenvalue weighted by atomic mass is 79.9. The van der Waals surface area contributed by atoms with Crippen molar-refractivity contribution in [3.8, 4) is 0 Å². The van der Waals surface area contributed by atoms with Crippen molar-refractivity contribution in [2.45, 2.75) is 20.3 Å². The Balaban J connectivity index is 2.87. The fourth-order valence-electron chi connectivity index (χ4n) is 1.82. The second-order valence-corrected chi connectivity index (χ2v) is 5.60. The van der Waals surface area contributed by atoms with Gasteiger partial charge in [0.1, 0.15) is 0 Å². The SMILES string of the molecule is CC(C)C(CN)(CO)Cc1ccc(Br)cc1. The molecule has 1 unspecified atom stereocenters. The van der Waals surface area contributed by atoms with E-state index >= 15 is 0 Å². The zero-order valence-corrected chi connectivity index (χ0v) is 11.5. The summed E-state index contributed by atoms with van der Waals surface area (Å²) < 4.78 is 1.07. The van der Waals surface area contributed by atoms with E-state index in [1.165, 1.54) is 5.56 Å². The maximum Gasteiger partial charge on any atom is 0.0505 e. The molecule has 0 aliphatic heterocycles. The van der Waals surface area contributed by atoms with Crippen LogP contribution in [-0.2, 0) is 6.42 Å². The third kappa shape index (κ3) is 3.06. The van der Waals surface area contributed by atoms with Crippen molar-refractivity contribution in [1.82, 2.24) is 0 Å². The van der Waals surface area contributed by atoms with Crippen LogP contribution in [0.5, 0.6) is 0 Å². The van der Waals surface area contributed by atoms with Crippen LogP contribution in [0.3, 0.4) is 0 Å². The average Bonchev–Trinajstić information content (AvgIpc) is 2.28. The Labute approximate surface area is 106 Å². The van der Waals surface area contributed by atoms with Crippen LogP contribution in [0.25, 0.3) is 0 Å². The van der Waals surface area contributed by atoms with E-state index in [0.717, 1.165) is 10.9 Å². The van der Waals surface area contributed by atoms with Crippen molar-refractivity contribution < 1.29 is 5.11 Å². The maximum absolute atomic E-state index is 9.57. The molecule has 2 nitrogen and oxygen atoms in total. The number of aliphatic hydroxyl groups excluding tert-OH is 1. The molecule has 0 heterocycles. The normalized spacial score (nSPS) is 15.1. The fourth-order valence-corrected chi connectivity index (χ4v) is 2.09. The molecule has 1 atom stereocenters. The summed E-state index contributed by atoms with van der Waals surface area (Å²) in [6.07, 6.45) is 0.824. The second kappa shape index (κ2) is 5.80. The zero-order chi connectivity index (χ0) is 12.2. The predicted molar refractivity (Wildman–Crippen MR) is 71.3 cm³/mol. The summed E-state index contributed by atoms with van der Waals surface area (Å²) in [6.45, 7) is 4.87. The highest BCUT2D eigenvalue weighted by Gasteiger charge is 2.31. The van der Waals surface area contributed by atoms with E-state index in [1.54, 1.807) is 0 Å². The summed E-state index contributed by atoms with van der Waals surface area (Å²) in [5.41, 5.74) is 6.85. The molecule has 1 aromatic rings. The first-order valence-electron chi connectivity index (χ1n) is 5.59. The Hall–Kier alpha value is -0.380. The van der Waals surface area contributed by atoms with Crippen molar-refractivity contribution in [1.29, 1.82) is 0 Å². The minimum absolute atomic E-state index is 0.136. The minimum atomic E-state index is -0.201. The molecule has 16 heavy (non-hydrogen) atoms. The van der Waals surface area contributed by atoms with E-state index in [-0.39, 0.29) is 12.0 Å². The Morgan fingerprint density at radius 1 is 1.31 bits per heavy atom. The van der Waals surface area contributed by atoms with E-state index in [1.807, 2.05) is 12.1 Å². The van der Waals surface area contributed by atoms with E-state index in [9.17, 15) is 5.11 Å². The molecule has 3 heteroatoms. The van der Waals surface area contributed by atoms with E-state index < -0.39 is 0 Å². The smallest absolute Gasteiger partial charge is 0.0505 e. The van der Waals surface area contributed by atoms with Crippen molar-refractivity contribution >= 4 is 15.9 Å². The summed E-state index contributed by atoms with van der Waals surface area (Å²) in [6, 6.07) is 8.20. The summed E-state index contributed by atoms with van der Waals surface area (Å²) >= 11 is 3.41. The first kappa shape index (κ1) is 13.7. The predicted octanol–water partition coefficient (Wildman–Crippen LogP) is 2.59. The standard InChI is InChI=1S/C13H20BrNO/c1-10(2)13(8-15,9-16)7-11-3-5-12(14)6-4-11/h3-6,10,16H,7-9,15H2,1-2H3. The van der Waals surface area contributed by atoms with Crippen molar-refractivity contribution in [3.63, 3.8) is 0 Å². The van der Waals surface area contributed by atoms with Gasteiger partial charge in [-0.1, -0.05) is 41.9 Å². The summed E-state index contributed by atoms with van der Waals surface area (Å²) in [7, 11) is 0. The Bertz CT molecular complexity index is 317. The van der Waals surface area contributed by atoms with Gasteiger partial charge in [-0.3, -0.25) is 0 Å². The number of benzene rings is 1.